The van der Waals surface area contributed by atoms with Crippen molar-refractivity contribution in [2.45, 2.75) is 25.9 Å². The fourth-order valence-corrected chi connectivity index (χ4v) is 1.42. The second-order valence-electron chi connectivity index (χ2n) is 3.92. The molecule has 6 nitrogen and oxygen atoms in total. The molecular weight excluding hydrogens is 218 g/mol. The number of cyclic esters (lactones) is 1. The second kappa shape index (κ2) is 4.01. The lowest BCUT2D eigenvalue weighted by Gasteiger charge is -2.14. The first-order valence-corrected chi connectivity index (χ1v) is 4.81. The van der Waals surface area contributed by atoms with Crippen molar-refractivity contribution in [1.29, 1.82) is 0 Å². The molecule has 0 radical (unpaired) electrons. The second-order valence-corrected chi connectivity index (χ2v) is 4.36. The van der Waals surface area contributed by atoms with Crippen LogP contribution >= 0.6 is 12.2 Å². The molecule has 1 atom stereocenters. The molecule has 1 aliphatic heterocycles. The number of carbonyl (C=O) groups is 2. The third-order valence-electron chi connectivity index (χ3n) is 1.98. The Labute approximate surface area is 92.5 Å². The average molecular weight is 231 g/mol. The van der Waals surface area contributed by atoms with Gasteiger partial charge in [0.05, 0.1) is 0 Å². The number of rotatable bonds is 1. The van der Waals surface area contributed by atoms with Gasteiger partial charge in [0, 0.05) is 6.42 Å². The summed E-state index contributed by atoms with van der Waals surface area (Å²) in [6.45, 7) is 3.50. The van der Waals surface area contributed by atoms with E-state index in [-0.39, 0.29) is 5.11 Å². The zero-order valence-electron chi connectivity index (χ0n) is 8.49. The largest absolute Gasteiger partial charge is 0.459 e. The zero-order chi connectivity index (χ0) is 11.6. The lowest BCUT2D eigenvalue weighted by atomic mass is 9.97. The maximum atomic E-state index is 11.5. The Morgan fingerprint density at radius 2 is 2.20 bits per heavy atom. The fourth-order valence-electron chi connectivity index (χ4n) is 1.37. The Morgan fingerprint density at radius 3 is 2.60 bits per heavy atom. The Hall–Kier alpha value is -1.37. The highest BCUT2D eigenvalue weighted by molar-refractivity contribution is 7.80. The van der Waals surface area contributed by atoms with Crippen LogP contribution in [0, 0.1) is 5.92 Å². The first-order chi connectivity index (χ1) is 6.82. The standard InChI is InChI=1S/C8H13N3O3S/c1-8(2)3-4(6(13)14-8)5(12)10-11-7(9)15/h4H,3H2,1-2H3,(H,10,12)(H3,9,11,15). The van der Waals surface area contributed by atoms with Gasteiger partial charge in [0.2, 0.25) is 0 Å². The van der Waals surface area contributed by atoms with Crippen LogP contribution in [0.4, 0.5) is 0 Å². The van der Waals surface area contributed by atoms with Crippen molar-refractivity contribution in [2.24, 2.45) is 11.7 Å². The van der Waals surface area contributed by atoms with Gasteiger partial charge in [-0.3, -0.25) is 20.4 Å². The van der Waals surface area contributed by atoms with Gasteiger partial charge in [0.1, 0.15) is 11.5 Å². The van der Waals surface area contributed by atoms with Crippen LogP contribution in [0.1, 0.15) is 20.3 Å². The molecule has 0 saturated carbocycles. The molecule has 1 saturated heterocycles. The van der Waals surface area contributed by atoms with Crippen molar-refractivity contribution in [2.75, 3.05) is 0 Å². The van der Waals surface area contributed by atoms with Crippen LogP contribution in [0.5, 0.6) is 0 Å². The predicted octanol–water partition coefficient (Wildman–Crippen LogP) is -0.807. The van der Waals surface area contributed by atoms with Gasteiger partial charge in [0.25, 0.3) is 5.91 Å². The minimum absolute atomic E-state index is 0.0611. The van der Waals surface area contributed by atoms with Crippen LogP contribution < -0.4 is 16.6 Å². The number of esters is 1. The molecule has 4 N–H and O–H groups in total. The minimum atomic E-state index is -0.804. The SMILES string of the molecule is CC1(C)CC(C(=O)NNC(N)=S)C(=O)O1. The molecule has 1 heterocycles. The zero-order valence-corrected chi connectivity index (χ0v) is 9.31. The molecule has 1 aliphatic rings. The van der Waals surface area contributed by atoms with Crippen LogP contribution in [0.25, 0.3) is 0 Å². The molecular formula is C8H13N3O3S. The van der Waals surface area contributed by atoms with E-state index in [2.05, 4.69) is 23.1 Å². The predicted molar refractivity (Wildman–Crippen MR) is 56.3 cm³/mol. The third kappa shape index (κ3) is 3.05. The van der Waals surface area contributed by atoms with Gasteiger partial charge < -0.3 is 10.5 Å². The fraction of sp³-hybridized carbons (Fsp3) is 0.625. The summed E-state index contributed by atoms with van der Waals surface area (Å²) in [5, 5.41) is -0.0611. The number of hydrogen-bond donors (Lipinski definition) is 3. The number of carbonyl (C=O) groups excluding carboxylic acids is 2. The number of thiocarbonyl (C=S) groups is 1. The van der Waals surface area contributed by atoms with Gasteiger partial charge in [0.15, 0.2) is 5.11 Å². The van der Waals surface area contributed by atoms with Crippen molar-refractivity contribution >= 4 is 29.2 Å². The average Bonchev–Trinajstić information content (AvgIpc) is 2.35. The molecule has 7 heteroatoms. The van der Waals surface area contributed by atoms with E-state index in [9.17, 15) is 9.59 Å². The topological polar surface area (TPSA) is 93.5 Å². The Bertz CT molecular complexity index is 316. The Kier molecular flexibility index (Phi) is 3.13. The van der Waals surface area contributed by atoms with Crippen LogP contribution in [0.2, 0.25) is 0 Å². The van der Waals surface area contributed by atoms with Gasteiger partial charge in [-0.25, -0.2) is 0 Å². The van der Waals surface area contributed by atoms with Crippen molar-refractivity contribution in [3.05, 3.63) is 0 Å². The maximum Gasteiger partial charge on any atom is 0.319 e. The summed E-state index contributed by atoms with van der Waals surface area (Å²) >= 11 is 4.50. The molecule has 0 aromatic heterocycles. The van der Waals surface area contributed by atoms with E-state index >= 15 is 0 Å². The van der Waals surface area contributed by atoms with E-state index in [4.69, 9.17) is 10.5 Å². The van der Waals surface area contributed by atoms with Crippen LogP contribution in [-0.2, 0) is 14.3 Å². The molecule has 15 heavy (non-hydrogen) atoms. The number of nitrogens with two attached hydrogens (primary N) is 1. The summed E-state index contributed by atoms with van der Waals surface area (Å²) in [5.41, 5.74) is 9.03. The van der Waals surface area contributed by atoms with E-state index in [1.54, 1.807) is 13.8 Å². The summed E-state index contributed by atoms with van der Waals surface area (Å²) < 4.78 is 5.00. The molecule has 1 amide bonds. The van der Waals surface area contributed by atoms with Gasteiger partial charge in [-0.05, 0) is 26.1 Å². The summed E-state index contributed by atoms with van der Waals surface area (Å²) in [5.74, 6) is -1.82. The summed E-state index contributed by atoms with van der Waals surface area (Å²) in [4.78, 5) is 22.8. The van der Waals surface area contributed by atoms with Gasteiger partial charge in [-0.1, -0.05) is 0 Å². The summed E-state index contributed by atoms with van der Waals surface area (Å²) in [7, 11) is 0. The lowest BCUT2D eigenvalue weighted by Crippen LogP contribution is -2.47. The highest BCUT2D eigenvalue weighted by atomic mass is 32.1. The highest BCUT2D eigenvalue weighted by Gasteiger charge is 2.44. The van der Waals surface area contributed by atoms with Crippen LogP contribution in [0.15, 0.2) is 0 Å². The van der Waals surface area contributed by atoms with Crippen LogP contribution in [0.3, 0.4) is 0 Å². The Morgan fingerprint density at radius 1 is 1.60 bits per heavy atom. The van der Waals surface area contributed by atoms with E-state index in [1.807, 2.05) is 0 Å². The molecule has 0 spiro atoms. The molecule has 1 rings (SSSR count). The first-order valence-electron chi connectivity index (χ1n) is 4.40. The van der Waals surface area contributed by atoms with E-state index < -0.39 is 23.4 Å². The molecule has 84 valence electrons. The molecule has 1 fully saturated rings. The van der Waals surface area contributed by atoms with Gasteiger partial charge >= 0.3 is 5.97 Å². The molecule has 0 aromatic rings. The quantitative estimate of drug-likeness (QED) is 0.236. The third-order valence-corrected chi connectivity index (χ3v) is 2.08. The number of amides is 1. The smallest absolute Gasteiger partial charge is 0.319 e. The van der Waals surface area contributed by atoms with E-state index in [0.29, 0.717) is 6.42 Å². The van der Waals surface area contributed by atoms with Crippen molar-refractivity contribution in [1.82, 2.24) is 10.9 Å². The van der Waals surface area contributed by atoms with Gasteiger partial charge in [-0.15, -0.1) is 0 Å². The van der Waals surface area contributed by atoms with E-state index in [1.165, 1.54) is 0 Å². The minimum Gasteiger partial charge on any atom is -0.459 e. The van der Waals surface area contributed by atoms with Gasteiger partial charge in [-0.2, -0.15) is 0 Å². The molecule has 0 aromatic carbocycles. The lowest BCUT2D eigenvalue weighted by molar-refractivity contribution is -0.150. The molecule has 1 unspecified atom stereocenters. The number of hydrazine groups is 1. The molecule has 0 aliphatic carbocycles. The first kappa shape index (κ1) is 11.7. The van der Waals surface area contributed by atoms with Crippen LogP contribution in [-0.4, -0.2) is 22.6 Å². The van der Waals surface area contributed by atoms with Crippen molar-refractivity contribution in [3.8, 4) is 0 Å². The highest BCUT2D eigenvalue weighted by Crippen LogP contribution is 2.30. The normalized spacial score (nSPS) is 23.1. The monoisotopic (exact) mass is 231 g/mol. The van der Waals surface area contributed by atoms with Crippen molar-refractivity contribution < 1.29 is 14.3 Å². The number of ether oxygens (including phenoxy) is 1. The number of hydrogen-bond acceptors (Lipinski definition) is 4. The number of nitrogens with one attached hydrogen (secondary N) is 2. The van der Waals surface area contributed by atoms with E-state index in [0.717, 1.165) is 0 Å². The maximum absolute atomic E-state index is 11.5. The molecule has 0 bridgehead atoms. The van der Waals surface area contributed by atoms with Crippen molar-refractivity contribution in [3.63, 3.8) is 0 Å². The summed E-state index contributed by atoms with van der Waals surface area (Å²) in [6, 6.07) is 0. The Balaban J connectivity index is 2.54. The summed E-state index contributed by atoms with van der Waals surface area (Å²) in [6.07, 6.45) is 0.344.